The molecule has 1 atom stereocenters. The van der Waals surface area contributed by atoms with Crippen LogP contribution in [0.4, 0.5) is 5.69 Å². The van der Waals surface area contributed by atoms with E-state index in [2.05, 4.69) is 21.2 Å². The van der Waals surface area contributed by atoms with Crippen molar-refractivity contribution in [3.05, 3.63) is 22.2 Å². The number of benzene rings is 1. The van der Waals surface area contributed by atoms with Crippen LogP contribution in [0.3, 0.4) is 0 Å². The average Bonchev–Trinajstić information content (AvgIpc) is 2.24. The van der Waals surface area contributed by atoms with E-state index in [1.807, 2.05) is 26.0 Å². The highest BCUT2D eigenvalue weighted by atomic mass is 79.9. The van der Waals surface area contributed by atoms with Crippen molar-refractivity contribution in [1.82, 2.24) is 0 Å². The Bertz CT molecular complexity index is 417. The molecule has 0 radical (unpaired) electrons. The molecule has 0 aromatic heterocycles. The molecule has 1 aromatic rings. The predicted octanol–water partition coefficient (Wildman–Crippen LogP) is 2.87. The molecule has 0 saturated heterocycles. The van der Waals surface area contributed by atoms with Gasteiger partial charge in [-0.1, -0.05) is 15.9 Å². The molecule has 1 amide bonds. The van der Waals surface area contributed by atoms with E-state index in [1.165, 1.54) is 0 Å². The molecule has 0 spiro atoms. The first kappa shape index (κ1) is 10.5. The number of halogens is 1. The van der Waals surface area contributed by atoms with Gasteiger partial charge in [0.25, 0.3) is 0 Å². The SMILES string of the molecule is Cc1cc2c(cc1Br)OC(C)CC(=O)N2. The van der Waals surface area contributed by atoms with E-state index >= 15 is 0 Å². The summed E-state index contributed by atoms with van der Waals surface area (Å²) in [5.74, 6) is 0.730. The van der Waals surface area contributed by atoms with Gasteiger partial charge in [-0.15, -0.1) is 0 Å². The number of fused-ring (bicyclic) bond motifs is 1. The van der Waals surface area contributed by atoms with E-state index in [9.17, 15) is 4.79 Å². The van der Waals surface area contributed by atoms with Crippen LogP contribution in [0.25, 0.3) is 0 Å². The van der Waals surface area contributed by atoms with E-state index in [0.29, 0.717) is 6.42 Å². The highest BCUT2D eigenvalue weighted by Crippen LogP contribution is 2.34. The van der Waals surface area contributed by atoms with Crippen molar-refractivity contribution in [2.45, 2.75) is 26.4 Å². The summed E-state index contributed by atoms with van der Waals surface area (Å²) in [6, 6.07) is 3.81. The number of carbonyl (C=O) groups excluding carboxylic acids is 1. The zero-order chi connectivity index (χ0) is 11.0. The fourth-order valence-electron chi connectivity index (χ4n) is 1.58. The zero-order valence-corrected chi connectivity index (χ0v) is 10.2. The molecule has 3 nitrogen and oxygen atoms in total. The van der Waals surface area contributed by atoms with Crippen LogP contribution >= 0.6 is 15.9 Å². The number of amides is 1. The van der Waals surface area contributed by atoms with Gasteiger partial charge in [-0.2, -0.15) is 0 Å². The van der Waals surface area contributed by atoms with Gasteiger partial charge in [0.05, 0.1) is 12.1 Å². The number of nitrogens with one attached hydrogen (secondary N) is 1. The molecule has 4 heteroatoms. The molecular formula is C11H12BrNO2. The summed E-state index contributed by atoms with van der Waals surface area (Å²) in [6.07, 6.45) is 0.312. The number of hydrogen-bond donors (Lipinski definition) is 1. The fraction of sp³-hybridized carbons (Fsp3) is 0.364. The number of rotatable bonds is 0. The Balaban J connectivity index is 2.46. The summed E-state index contributed by atoms with van der Waals surface area (Å²) in [5, 5.41) is 2.84. The maximum atomic E-state index is 11.4. The molecule has 1 aromatic carbocycles. The highest BCUT2D eigenvalue weighted by Gasteiger charge is 2.19. The Morgan fingerprint density at radius 2 is 2.27 bits per heavy atom. The second-order valence-electron chi connectivity index (χ2n) is 3.78. The number of hydrogen-bond acceptors (Lipinski definition) is 2. The Kier molecular flexibility index (Phi) is 2.69. The lowest BCUT2D eigenvalue weighted by molar-refractivity contribution is -0.117. The molecule has 0 aliphatic carbocycles. The van der Waals surface area contributed by atoms with Crippen molar-refractivity contribution in [3.63, 3.8) is 0 Å². The second-order valence-corrected chi connectivity index (χ2v) is 4.63. The number of ether oxygens (including phenoxy) is 1. The third-order valence-electron chi connectivity index (χ3n) is 2.34. The van der Waals surface area contributed by atoms with Crippen LogP contribution < -0.4 is 10.1 Å². The van der Waals surface area contributed by atoms with Crippen molar-refractivity contribution in [3.8, 4) is 5.75 Å². The Labute approximate surface area is 96.9 Å². The molecule has 1 aliphatic rings. The first-order chi connectivity index (χ1) is 7.06. The third kappa shape index (κ3) is 2.15. The van der Waals surface area contributed by atoms with Gasteiger partial charge in [-0.3, -0.25) is 4.79 Å². The smallest absolute Gasteiger partial charge is 0.228 e. The molecule has 0 saturated carbocycles. The van der Waals surface area contributed by atoms with Gasteiger partial charge in [0.1, 0.15) is 11.9 Å². The molecule has 80 valence electrons. The average molecular weight is 270 g/mol. The minimum atomic E-state index is -0.0825. The van der Waals surface area contributed by atoms with Crippen LogP contribution in [-0.2, 0) is 4.79 Å². The topological polar surface area (TPSA) is 38.3 Å². The van der Waals surface area contributed by atoms with Gasteiger partial charge in [-0.05, 0) is 31.5 Å². The summed E-state index contributed by atoms with van der Waals surface area (Å²) in [6.45, 7) is 3.87. The molecule has 0 fully saturated rings. The van der Waals surface area contributed by atoms with Crippen molar-refractivity contribution < 1.29 is 9.53 Å². The van der Waals surface area contributed by atoms with Gasteiger partial charge in [-0.25, -0.2) is 0 Å². The lowest BCUT2D eigenvalue weighted by atomic mass is 10.2. The largest absolute Gasteiger partial charge is 0.488 e. The summed E-state index contributed by atoms with van der Waals surface area (Å²) >= 11 is 3.44. The normalized spacial score (nSPS) is 19.9. The Morgan fingerprint density at radius 3 is 3.00 bits per heavy atom. The third-order valence-corrected chi connectivity index (χ3v) is 3.19. The van der Waals surface area contributed by atoms with Gasteiger partial charge >= 0.3 is 0 Å². The Hall–Kier alpha value is -1.03. The Morgan fingerprint density at radius 1 is 1.53 bits per heavy atom. The molecule has 15 heavy (non-hydrogen) atoms. The maximum absolute atomic E-state index is 11.4. The van der Waals surface area contributed by atoms with Crippen LogP contribution in [-0.4, -0.2) is 12.0 Å². The van der Waals surface area contributed by atoms with Crippen LogP contribution in [0.5, 0.6) is 5.75 Å². The van der Waals surface area contributed by atoms with Crippen LogP contribution in [0.2, 0.25) is 0 Å². The molecular weight excluding hydrogens is 258 g/mol. The van der Waals surface area contributed by atoms with E-state index in [1.54, 1.807) is 0 Å². The minimum Gasteiger partial charge on any atom is -0.488 e. The van der Waals surface area contributed by atoms with E-state index < -0.39 is 0 Å². The quantitative estimate of drug-likeness (QED) is 0.787. The molecule has 2 rings (SSSR count). The standard InChI is InChI=1S/C11H12BrNO2/c1-6-3-9-10(5-8(6)12)15-7(2)4-11(14)13-9/h3,5,7H,4H2,1-2H3,(H,13,14). The monoisotopic (exact) mass is 269 g/mol. The van der Waals surface area contributed by atoms with E-state index in [-0.39, 0.29) is 12.0 Å². The van der Waals surface area contributed by atoms with Gasteiger partial charge < -0.3 is 10.1 Å². The number of anilines is 1. The first-order valence-electron chi connectivity index (χ1n) is 4.83. The second kappa shape index (κ2) is 3.85. The zero-order valence-electron chi connectivity index (χ0n) is 8.63. The lowest BCUT2D eigenvalue weighted by Crippen LogP contribution is -2.17. The summed E-state index contributed by atoms with van der Waals surface area (Å²) in [7, 11) is 0. The van der Waals surface area contributed by atoms with Crippen molar-refractivity contribution in [2.24, 2.45) is 0 Å². The van der Waals surface area contributed by atoms with Crippen molar-refractivity contribution in [2.75, 3.05) is 5.32 Å². The molecule has 1 unspecified atom stereocenters. The highest BCUT2D eigenvalue weighted by molar-refractivity contribution is 9.10. The van der Waals surface area contributed by atoms with Crippen LogP contribution in [0, 0.1) is 6.92 Å². The van der Waals surface area contributed by atoms with Crippen molar-refractivity contribution in [1.29, 1.82) is 0 Å². The molecule has 1 heterocycles. The van der Waals surface area contributed by atoms with E-state index in [0.717, 1.165) is 21.5 Å². The number of carbonyl (C=O) groups is 1. The lowest BCUT2D eigenvalue weighted by Gasteiger charge is -2.12. The molecule has 1 N–H and O–H groups in total. The summed E-state index contributed by atoms with van der Waals surface area (Å²) in [4.78, 5) is 11.4. The van der Waals surface area contributed by atoms with Gasteiger partial charge in [0.2, 0.25) is 5.91 Å². The summed E-state index contributed by atoms with van der Waals surface area (Å²) in [5.41, 5.74) is 1.83. The fourth-order valence-corrected chi connectivity index (χ4v) is 1.90. The molecule has 1 aliphatic heterocycles. The maximum Gasteiger partial charge on any atom is 0.228 e. The molecule has 0 bridgehead atoms. The first-order valence-corrected chi connectivity index (χ1v) is 5.62. The van der Waals surface area contributed by atoms with Crippen LogP contribution in [0.15, 0.2) is 16.6 Å². The van der Waals surface area contributed by atoms with E-state index in [4.69, 9.17) is 4.74 Å². The predicted molar refractivity (Wildman–Crippen MR) is 62.2 cm³/mol. The van der Waals surface area contributed by atoms with Crippen LogP contribution in [0.1, 0.15) is 18.9 Å². The van der Waals surface area contributed by atoms with Gasteiger partial charge in [0.15, 0.2) is 0 Å². The minimum absolute atomic E-state index is 0.00275. The van der Waals surface area contributed by atoms with Crippen molar-refractivity contribution >= 4 is 27.5 Å². The summed E-state index contributed by atoms with van der Waals surface area (Å²) < 4.78 is 6.64. The number of aryl methyl sites for hydroxylation is 1. The van der Waals surface area contributed by atoms with Gasteiger partial charge in [0, 0.05) is 4.47 Å².